The highest BCUT2D eigenvalue weighted by Gasteiger charge is 2.08. The molecule has 2 aromatic carbocycles. The fourth-order valence-electron chi connectivity index (χ4n) is 2.74. The van der Waals surface area contributed by atoms with Crippen molar-refractivity contribution in [3.05, 3.63) is 77.2 Å². The molecule has 1 heterocycles. The van der Waals surface area contributed by atoms with Gasteiger partial charge in [0.05, 0.1) is 0 Å². The lowest BCUT2D eigenvalue weighted by atomic mass is 10.0. The van der Waals surface area contributed by atoms with Gasteiger partial charge >= 0.3 is 0 Å². The van der Waals surface area contributed by atoms with Gasteiger partial charge in [0, 0.05) is 24.0 Å². The Morgan fingerprint density at radius 1 is 1.00 bits per heavy atom. The summed E-state index contributed by atoms with van der Waals surface area (Å²) in [5.74, 6) is 1.45. The normalized spacial score (nSPS) is 10.8. The van der Waals surface area contributed by atoms with Gasteiger partial charge in [-0.1, -0.05) is 44.2 Å². The van der Waals surface area contributed by atoms with Crippen molar-refractivity contribution < 1.29 is 4.39 Å². The molecule has 0 atom stereocenters. The van der Waals surface area contributed by atoms with Crippen LogP contribution in [0.3, 0.4) is 0 Å². The summed E-state index contributed by atoms with van der Waals surface area (Å²) in [6.07, 6.45) is 0. The van der Waals surface area contributed by atoms with Crippen molar-refractivity contribution in [3.63, 3.8) is 0 Å². The fourth-order valence-corrected chi connectivity index (χ4v) is 2.74. The molecule has 2 N–H and O–H groups in total. The summed E-state index contributed by atoms with van der Waals surface area (Å²) in [5.41, 5.74) is 4.09. The van der Waals surface area contributed by atoms with Crippen molar-refractivity contribution in [1.29, 1.82) is 0 Å². The van der Waals surface area contributed by atoms with Gasteiger partial charge in [-0.25, -0.2) is 9.37 Å². The molecule has 0 bridgehead atoms. The fraction of sp³-hybridized carbons (Fsp3) is 0.238. The molecular formula is C21H23FN4. The first-order valence-corrected chi connectivity index (χ1v) is 8.71. The Bertz CT molecular complexity index is 875. The molecule has 134 valence electrons. The molecule has 1 aromatic heterocycles. The molecule has 0 fully saturated rings. The van der Waals surface area contributed by atoms with Gasteiger partial charge in [0.2, 0.25) is 5.95 Å². The molecule has 0 aliphatic heterocycles. The van der Waals surface area contributed by atoms with Gasteiger partial charge in [-0.15, -0.1) is 0 Å². The van der Waals surface area contributed by atoms with Crippen LogP contribution < -0.4 is 10.6 Å². The summed E-state index contributed by atoms with van der Waals surface area (Å²) in [4.78, 5) is 9.04. The molecule has 5 heteroatoms. The van der Waals surface area contributed by atoms with Crippen LogP contribution in [0.5, 0.6) is 0 Å². The zero-order valence-corrected chi connectivity index (χ0v) is 15.3. The molecule has 3 aromatic rings. The van der Waals surface area contributed by atoms with Crippen LogP contribution in [0.25, 0.3) is 0 Å². The molecule has 3 rings (SSSR count). The second-order valence-electron chi connectivity index (χ2n) is 6.57. The highest BCUT2D eigenvalue weighted by molar-refractivity contribution is 5.60. The van der Waals surface area contributed by atoms with Crippen molar-refractivity contribution in [2.45, 2.75) is 33.2 Å². The van der Waals surface area contributed by atoms with E-state index < -0.39 is 0 Å². The van der Waals surface area contributed by atoms with Gasteiger partial charge in [0.15, 0.2) is 0 Å². The van der Waals surface area contributed by atoms with E-state index in [1.54, 1.807) is 12.1 Å². The first-order valence-electron chi connectivity index (χ1n) is 8.71. The second kappa shape index (κ2) is 7.95. The minimum Gasteiger partial charge on any atom is -0.366 e. The zero-order chi connectivity index (χ0) is 18.5. The Balaban J connectivity index is 1.76. The van der Waals surface area contributed by atoms with Crippen molar-refractivity contribution in [3.8, 4) is 0 Å². The third-order valence-electron chi connectivity index (χ3n) is 4.07. The Labute approximate surface area is 153 Å². The maximum absolute atomic E-state index is 13.0. The molecule has 0 unspecified atom stereocenters. The second-order valence-corrected chi connectivity index (χ2v) is 6.57. The lowest BCUT2D eigenvalue weighted by Gasteiger charge is -2.14. The van der Waals surface area contributed by atoms with Gasteiger partial charge in [0.1, 0.15) is 11.6 Å². The number of para-hydroxylation sites is 1. The Morgan fingerprint density at radius 2 is 1.73 bits per heavy atom. The topological polar surface area (TPSA) is 49.8 Å². The van der Waals surface area contributed by atoms with Crippen LogP contribution in [0.1, 0.15) is 36.6 Å². The largest absolute Gasteiger partial charge is 0.366 e. The minimum absolute atomic E-state index is 0.234. The van der Waals surface area contributed by atoms with E-state index in [1.807, 2.05) is 31.2 Å². The maximum Gasteiger partial charge on any atom is 0.229 e. The predicted octanol–water partition coefficient (Wildman–Crippen LogP) is 5.40. The third-order valence-corrected chi connectivity index (χ3v) is 4.07. The van der Waals surface area contributed by atoms with Crippen LogP contribution in [-0.2, 0) is 6.54 Å². The molecule has 0 aliphatic rings. The summed E-state index contributed by atoms with van der Waals surface area (Å²) < 4.78 is 13.0. The highest BCUT2D eigenvalue weighted by Crippen LogP contribution is 2.26. The minimum atomic E-state index is -0.234. The van der Waals surface area contributed by atoms with Crippen LogP contribution in [0.4, 0.5) is 21.8 Å². The van der Waals surface area contributed by atoms with Gasteiger partial charge < -0.3 is 10.6 Å². The van der Waals surface area contributed by atoms with Crippen LogP contribution in [0.15, 0.2) is 54.6 Å². The molecular weight excluding hydrogens is 327 g/mol. The zero-order valence-electron chi connectivity index (χ0n) is 15.3. The summed E-state index contributed by atoms with van der Waals surface area (Å²) in [7, 11) is 0. The number of nitrogens with zero attached hydrogens (tertiary/aromatic N) is 2. The van der Waals surface area contributed by atoms with E-state index in [1.165, 1.54) is 17.7 Å². The van der Waals surface area contributed by atoms with Gasteiger partial charge in [-0.3, -0.25) is 0 Å². The average Bonchev–Trinajstić information content (AvgIpc) is 2.61. The smallest absolute Gasteiger partial charge is 0.229 e. The molecule has 26 heavy (non-hydrogen) atoms. The number of aryl methyl sites for hydroxylation is 1. The number of rotatable bonds is 6. The van der Waals surface area contributed by atoms with E-state index in [-0.39, 0.29) is 5.82 Å². The molecule has 0 saturated heterocycles. The van der Waals surface area contributed by atoms with Crippen molar-refractivity contribution >= 4 is 17.5 Å². The van der Waals surface area contributed by atoms with E-state index in [0.717, 1.165) is 22.8 Å². The first kappa shape index (κ1) is 17.9. The average molecular weight is 350 g/mol. The quantitative estimate of drug-likeness (QED) is 0.625. The summed E-state index contributed by atoms with van der Waals surface area (Å²) in [5, 5.41) is 6.60. The van der Waals surface area contributed by atoms with E-state index in [2.05, 4.69) is 40.5 Å². The number of aromatic nitrogens is 2. The summed E-state index contributed by atoms with van der Waals surface area (Å²) >= 11 is 0. The molecule has 0 radical (unpaired) electrons. The number of nitrogens with one attached hydrogen (secondary N) is 2. The van der Waals surface area contributed by atoms with E-state index in [4.69, 9.17) is 0 Å². The maximum atomic E-state index is 13.0. The summed E-state index contributed by atoms with van der Waals surface area (Å²) in [6.45, 7) is 6.82. The Kier molecular flexibility index (Phi) is 5.46. The summed E-state index contributed by atoms with van der Waals surface area (Å²) in [6, 6.07) is 16.5. The number of halogens is 1. The first-order chi connectivity index (χ1) is 12.5. The van der Waals surface area contributed by atoms with Crippen molar-refractivity contribution in [2.75, 3.05) is 10.6 Å². The standard InChI is InChI=1S/C21H23FN4/c1-14(2)18-6-4-5-7-19(18)25-21-24-15(3)12-20(26-21)23-13-16-8-10-17(22)11-9-16/h4-12,14H,13H2,1-3H3,(H2,23,24,25,26). The lowest BCUT2D eigenvalue weighted by molar-refractivity contribution is 0.627. The highest BCUT2D eigenvalue weighted by atomic mass is 19.1. The number of anilines is 3. The predicted molar refractivity (Wildman–Crippen MR) is 104 cm³/mol. The van der Waals surface area contributed by atoms with Crippen LogP contribution in [0.2, 0.25) is 0 Å². The number of benzene rings is 2. The van der Waals surface area contributed by atoms with Gasteiger partial charge in [0.25, 0.3) is 0 Å². The monoisotopic (exact) mass is 350 g/mol. The van der Waals surface area contributed by atoms with Crippen LogP contribution >= 0.6 is 0 Å². The molecule has 0 amide bonds. The van der Waals surface area contributed by atoms with Crippen molar-refractivity contribution in [1.82, 2.24) is 9.97 Å². The lowest BCUT2D eigenvalue weighted by Crippen LogP contribution is -2.06. The van der Waals surface area contributed by atoms with E-state index in [9.17, 15) is 4.39 Å². The van der Waals surface area contributed by atoms with E-state index in [0.29, 0.717) is 18.4 Å². The van der Waals surface area contributed by atoms with Crippen LogP contribution in [-0.4, -0.2) is 9.97 Å². The van der Waals surface area contributed by atoms with Gasteiger partial charge in [-0.05, 0) is 42.2 Å². The molecule has 0 aliphatic carbocycles. The SMILES string of the molecule is Cc1cc(NCc2ccc(F)cc2)nc(Nc2ccccc2C(C)C)n1. The van der Waals surface area contributed by atoms with Crippen molar-refractivity contribution in [2.24, 2.45) is 0 Å². The number of hydrogen-bond acceptors (Lipinski definition) is 4. The number of hydrogen-bond donors (Lipinski definition) is 2. The molecule has 0 saturated carbocycles. The molecule has 0 spiro atoms. The Hall–Kier alpha value is -2.95. The van der Waals surface area contributed by atoms with Crippen LogP contribution in [0, 0.1) is 12.7 Å². The van der Waals surface area contributed by atoms with Gasteiger partial charge in [-0.2, -0.15) is 4.98 Å². The van der Waals surface area contributed by atoms with E-state index >= 15 is 0 Å². The molecule has 4 nitrogen and oxygen atoms in total. The Morgan fingerprint density at radius 3 is 2.46 bits per heavy atom. The third kappa shape index (κ3) is 4.57.